The average Bonchev–Trinajstić information content (AvgIpc) is 2.46. The summed E-state index contributed by atoms with van der Waals surface area (Å²) in [7, 11) is 0. The Bertz CT molecular complexity index is 704. The monoisotopic (exact) mass is 289 g/mol. The van der Waals surface area contributed by atoms with E-state index in [2.05, 4.69) is 0 Å². The Kier molecular flexibility index (Phi) is 4.52. The van der Waals surface area contributed by atoms with Crippen molar-refractivity contribution in [2.24, 2.45) is 0 Å². The average molecular weight is 289 g/mol. The van der Waals surface area contributed by atoms with E-state index in [-0.39, 0.29) is 11.4 Å². The number of carboxylic acid groups (broad SMARTS) is 1. The summed E-state index contributed by atoms with van der Waals surface area (Å²) >= 11 is 0. The summed E-state index contributed by atoms with van der Waals surface area (Å²) in [5, 5.41) is 9.05. The van der Waals surface area contributed by atoms with Crippen LogP contribution < -0.4 is 5.56 Å². The number of benzene rings is 1. The Balaban J connectivity index is 2.59. The molecule has 0 spiro atoms. The van der Waals surface area contributed by atoms with Gasteiger partial charge in [0.2, 0.25) is 0 Å². The lowest BCUT2D eigenvalue weighted by molar-refractivity contribution is 0.0694. The van der Waals surface area contributed by atoms with Crippen molar-refractivity contribution in [2.45, 2.75) is 26.3 Å². The van der Waals surface area contributed by atoms with Gasteiger partial charge in [-0.2, -0.15) is 0 Å². The Morgan fingerprint density at radius 1 is 1.19 bits per heavy atom. The molecule has 2 rings (SSSR count). The first-order valence-electron chi connectivity index (χ1n) is 6.77. The number of carbonyl (C=O) groups is 1. The first-order chi connectivity index (χ1) is 10.0. The largest absolute Gasteiger partial charge is 0.477 e. The summed E-state index contributed by atoms with van der Waals surface area (Å²) in [4.78, 5) is 23.4. The number of hydrogen-bond donors (Lipinski definition) is 1. The van der Waals surface area contributed by atoms with E-state index in [0.717, 1.165) is 12.8 Å². The van der Waals surface area contributed by atoms with Gasteiger partial charge >= 0.3 is 5.97 Å². The molecule has 0 aliphatic rings. The number of carboxylic acids is 1. The van der Waals surface area contributed by atoms with Crippen molar-refractivity contribution in [3.8, 4) is 11.3 Å². The minimum Gasteiger partial charge on any atom is -0.477 e. The van der Waals surface area contributed by atoms with Crippen molar-refractivity contribution >= 4 is 5.97 Å². The minimum absolute atomic E-state index is 0.253. The van der Waals surface area contributed by atoms with Crippen LogP contribution in [0, 0.1) is 5.82 Å². The van der Waals surface area contributed by atoms with E-state index in [4.69, 9.17) is 5.11 Å². The van der Waals surface area contributed by atoms with Gasteiger partial charge in [-0.25, -0.2) is 9.18 Å². The lowest BCUT2D eigenvalue weighted by Crippen LogP contribution is -2.27. The van der Waals surface area contributed by atoms with E-state index in [9.17, 15) is 14.0 Å². The highest BCUT2D eigenvalue weighted by Gasteiger charge is 2.14. The van der Waals surface area contributed by atoms with Crippen molar-refractivity contribution in [1.82, 2.24) is 4.57 Å². The lowest BCUT2D eigenvalue weighted by atomic mass is 10.1. The third-order valence-corrected chi connectivity index (χ3v) is 3.28. The van der Waals surface area contributed by atoms with E-state index < -0.39 is 11.5 Å². The molecular weight excluding hydrogens is 273 g/mol. The van der Waals surface area contributed by atoms with Crippen LogP contribution in [-0.4, -0.2) is 15.6 Å². The van der Waals surface area contributed by atoms with E-state index in [1.807, 2.05) is 6.92 Å². The highest BCUT2D eigenvalue weighted by atomic mass is 19.1. The van der Waals surface area contributed by atoms with Gasteiger partial charge < -0.3 is 9.67 Å². The quantitative estimate of drug-likeness (QED) is 0.919. The standard InChI is InChI=1S/C16H16FNO3/c1-2-3-10-18-14(11-4-6-12(17)7-5-11)9-8-13(15(18)19)16(20)21/h4-9H,2-3,10H2,1H3,(H,20,21). The van der Waals surface area contributed by atoms with Gasteiger partial charge in [0.1, 0.15) is 11.4 Å². The summed E-state index contributed by atoms with van der Waals surface area (Å²) < 4.78 is 14.5. The predicted octanol–water partition coefficient (Wildman–Crippen LogP) is 3.15. The fourth-order valence-corrected chi connectivity index (χ4v) is 2.15. The molecular formula is C16H16FNO3. The summed E-state index contributed by atoms with van der Waals surface area (Å²) in [6.07, 6.45) is 1.64. The lowest BCUT2D eigenvalue weighted by Gasteiger charge is -2.13. The number of rotatable bonds is 5. The Labute approximate surface area is 121 Å². The zero-order valence-electron chi connectivity index (χ0n) is 11.7. The highest BCUT2D eigenvalue weighted by molar-refractivity contribution is 5.87. The fraction of sp³-hybridized carbons (Fsp3) is 0.250. The van der Waals surface area contributed by atoms with Gasteiger partial charge in [0.25, 0.3) is 5.56 Å². The van der Waals surface area contributed by atoms with Crippen LogP contribution in [0.15, 0.2) is 41.2 Å². The van der Waals surface area contributed by atoms with Crippen molar-refractivity contribution in [3.05, 3.63) is 58.1 Å². The molecule has 0 aliphatic heterocycles. The number of aromatic nitrogens is 1. The third kappa shape index (κ3) is 3.18. The van der Waals surface area contributed by atoms with Crippen LogP contribution in [0.25, 0.3) is 11.3 Å². The molecule has 21 heavy (non-hydrogen) atoms. The molecule has 2 aromatic rings. The highest BCUT2D eigenvalue weighted by Crippen LogP contribution is 2.19. The number of hydrogen-bond acceptors (Lipinski definition) is 2. The van der Waals surface area contributed by atoms with Gasteiger partial charge in [-0.15, -0.1) is 0 Å². The second-order valence-electron chi connectivity index (χ2n) is 4.75. The normalized spacial score (nSPS) is 10.6. The molecule has 0 aliphatic carbocycles. The Morgan fingerprint density at radius 3 is 2.43 bits per heavy atom. The molecule has 5 heteroatoms. The molecule has 0 atom stereocenters. The van der Waals surface area contributed by atoms with Gasteiger partial charge in [-0.05, 0) is 48.4 Å². The van der Waals surface area contributed by atoms with E-state index in [1.54, 1.807) is 18.2 Å². The molecule has 0 saturated heterocycles. The van der Waals surface area contributed by atoms with E-state index in [0.29, 0.717) is 17.8 Å². The second-order valence-corrected chi connectivity index (χ2v) is 4.75. The molecule has 110 valence electrons. The first-order valence-corrected chi connectivity index (χ1v) is 6.77. The van der Waals surface area contributed by atoms with Crippen molar-refractivity contribution < 1.29 is 14.3 Å². The molecule has 0 unspecified atom stereocenters. The van der Waals surface area contributed by atoms with Crippen LogP contribution in [-0.2, 0) is 6.54 Å². The van der Waals surface area contributed by atoms with Crippen LogP contribution in [0.2, 0.25) is 0 Å². The molecule has 0 bridgehead atoms. The molecule has 4 nitrogen and oxygen atoms in total. The second kappa shape index (κ2) is 6.35. The number of unbranched alkanes of at least 4 members (excludes halogenated alkanes) is 1. The molecule has 0 radical (unpaired) electrons. The first kappa shape index (κ1) is 15.0. The minimum atomic E-state index is -1.24. The molecule has 1 N–H and O–H groups in total. The maximum Gasteiger partial charge on any atom is 0.341 e. The van der Waals surface area contributed by atoms with Gasteiger partial charge in [-0.3, -0.25) is 4.79 Å². The molecule has 0 fully saturated rings. The Morgan fingerprint density at radius 2 is 1.86 bits per heavy atom. The summed E-state index contributed by atoms with van der Waals surface area (Å²) in [5.41, 5.74) is 0.495. The van der Waals surface area contributed by atoms with Crippen LogP contribution in [0.1, 0.15) is 30.1 Å². The van der Waals surface area contributed by atoms with Gasteiger partial charge in [0.05, 0.1) is 5.69 Å². The number of aromatic carboxylic acids is 1. The van der Waals surface area contributed by atoms with E-state index >= 15 is 0 Å². The third-order valence-electron chi connectivity index (χ3n) is 3.28. The Hall–Kier alpha value is -2.43. The maximum absolute atomic E-state index is 13.0. The van der Waals surface area contributed by atoms with Gasteiger partial charge in [0, 0.05) is 6.54 Å². The summed E-state index contributed by atoms with van der Waals surface area (Å²) in [5.74, 6) is -1.60. The molecule has 1 heterocycles. The van der Waals surface area contributed by atoms with Crippen molar-refractivity contribution in [3.63, 3.8) is 0 Å². The van der Waals surface area contributed by atoms with Crippen LogP contribution >= 0.6 is 0 Å². The smallest absolute Gasteiger partial charge is 0.341 e. The molecule has 1 aromatic heterocycles. The fourth-order valence-electron chi connectivity index (χ4n) is 2.15. The van der Waals surface area contributed by atoms with Crippen LogP contribution in [0.4, 0.5) is 4.39 Å². The predicted molar refractivity (Wildman–Crippen MR) is 78.0 cm³/mol. The SMILES string of the molecule is CCCCn1c(-c2ccc(F)cc2)ccc(C(=O)O)c1=O. The van der Waals surface area contributed by atoms with E-state index in [1.165, 1.54) is 22.8 Å². The zero-order chi connectivity index (χ0) is 15.4. The number of halogens is 1. The van der Waals surface area contributed by atoms with Gasteiger partial charge in [0.15, 0.2) is 0 Å². The topological polar surface area (TPSA) is 59.3 Å². The number of nitrogens with zero attached hydrogens (tertiary/aromatic N) is 1. The summed E-state index contributed by atoms with van der Waals surface area (Å²) in [6.45, 7) is 2.42. The molecule has 0 saturated carbocycles. The molecule has 0 amide bonds. The summed E-state index contributed by atoms with van der Waals surface area (Å²) in [6, 6.07) is 8.67. The molecule has 1 aromatic carbocycles. The number of pyridine rings is 1. The van der Waals surface area contributed by atoms with Crippen molar-refractivity contribution in [1.29, 1.82) is 0 Å². The van der Waals surface area contributed by atoms with Crippen LogP contribution in [0.5, 0.6) is 0 Å². The maximum atomic E-state index is 13.0. The van der Waals surface area contributed by atoms with Gasteiger partial charge in [-0.1, -0.05) is 13.3 Å². The van der Waals surface area contributed by atoms with Crippen molar-refractivity contribution in [2.75, 3.05) is 0 Å². The zero-order valence-corrected chi connectivity index (χ0v) is 11.7. The van der Waals surface area contributed by atoms with Crippen LogP contribution in [0.3, 0.4) is 0 Å².